The Morgan fingerprint density at radius 2 is 1.82 bits per heavy atom. The zero-order chi connectivity index (χ0) is 24.0. The second-order valence-corrected chi connectivity index (χ2v) is 12.6. The molecular weight excluding hydrogens is 432 g/mol. The number of hydrogen-bond acceptors (Lipinski definition) is 3. The third-order valence-electron chi connectivity index (χ3n) is 8.34. The lowest BCUT2D eigenvalue weighted by Gasteiger charge is -2.60. The molecule has 0 saturated heterocycles. The number of carbonyl (C=O) groups excluding carboxylic acids is 1. The highest BCUT2D eigenvalue weighted by molar-refractivity contribution is 7.89. The number of hydrogen-bond donors (Lipinski definition) is 1. The normalized spacial score (nSPS) is 23.8. The van der Waals surface area contributed by atoms with E-state index in [9.17, 15) is 13.2 Å². The van der Waals surface area contributed by atoms with Crippen LogP contribution in [0.1, 0.15) is 60.2 Å². The maximum atomic E-state index is 13.4. The lowest BCUT2D eigenvalue weighted by Crippen LogP contribution is -2.54. The van der Waals surface area contributed by atoms with Gasteiger partial charge in [-0.05, 0) is 85.1 Å². The van der Waals surface area contributed by atoms with Crippen LogP contribution >= 0.6 is 0 Å². The monoisotopic (exact) mass is 468 g/mol. The minimum Gasteiger partial charge on any atom is -0.352 e. The minimum absolute atomic E-state index is 0.195. The summed E-state index contributed by atoms with van der Waals surface area (Å²) in [6, 6.07) is 12.9. The first-order chi connectivity index (χ1) is 15.5. The molecule has 3 fully saturated rings. The summed E-state index contributed by atoms with van der Waals surface area (Å²) < 4.78 is 28.2. The second-order valence-electron chi connectivity index (χ2n) is 10.6. The Labute approximate surface area is 198 Å². The molecule has 3 unspecified atom stereocenters. The number of carbonyl (C=O) groups is 1. The number of fused-ring (bicyclic) bond motifs is 2. The van der Waals surface area contributed by atoms with Crippen LogP contribution in [0.4, 0.5) is 0 Å². The third-order valence-corrected chi connectivity index (χ3v) is 10.3. The fraction of sp³-hybridized carbons (Fsp3) is 0.519. The Balaban J connectivity index is 1.51. The molecule has 3 saturated carbocycles. The molecule has 0 heterocycles. The summed E-state index contributed by atoms with van der Waals surface area (Å²) in [7, 11) is -2.16. The van der Waals surface area contributed by atoms with Crippen LogP contribution in [0.2, 0.25) is 0 Å². The van der Waals surface area contributed by atoms with Crippen molar-refractivity contribution in [3.8, 4) is 0 Å². The SMILES string of the molecule is Cc1cc(C(=O)NCC2CCC3CC2C3(C)C)cc(S(=O)(=O)N(C)Cc2ccccc2)c1C. The zero-order valence-corrected chi connectivity index (χ0v) is 21.2. The first kappa shape index (κ1) is 24.0. The van der Waals surface area contributed by atoms with E-state index < -0.39 is 10.0 Å². The lowest BCUT2D eigenvalue weighted by atomic mass is 9.45. The molecule has 178 valence electrons. The largest absolute Gasteiger partial charge is 0.352 e. The van der Waals surface area contributed by atoms with Gasteiger partial charge in [0, 0.05) is 25.7 Å². The second kappa shape index (κ2) is 8.88. The van der Waals surface area contributed by atoms with Crippen LogP contribution in [-0.2, 0) is 16.6 Å². The summed E-state index contributed by atoms with van der Waals surface area (Å²) >= 11 is 0. The summed E-state index contributed by atoms with van der Waals surface area (Å²) in [4.78, 5) is 13.3. The molecule has 6 heteroatoms. The van der Waals surface area contributed by atoms with E-state index in [1.807, 2.05) is 37.3 Å². The van der Waals surface area contributed by atoms with Gasteiger partial charge in [0.2, 0.25) is 10.0 Å². The van der Waals surface area contributed by atoms with Crippen molar-refractivity contribution in [3.05, 3.63) is 64.7 Å². The standard InChI is InChI=1S/C27H36N2O3S/c1-18-13-22(26(30)28-16-21-11-12-23-15-24(21)27(23,3)4)14-25(19(18)2)33(31,32)29(5)17-20-9-7-6-8-10-20/h6-10,13-14,21,23-24H,11-12,15-17H2,1-5H3,(H,28,30). The molecule has 3 atom stereocenters. The smallest absolute Gasteiger partial charge is 0.251 e. The highest BCUT2D eigenvalue weighted by Crippen LogP contribution is 2.61. The van der Waals surface area contributed by atoms with Gasteiger partial charge >= 0.3 is 0 Å². The van der Waals surface area contributed by atoms with Crippen LogP contribution in [0.15, 0.2) is 47.4 Å². The molecule has 1 N–H and O–H groups in total. The fourth-order valence-corrected chi connectivity index (χ4v) is 7.33. The van der Waals surface area contributed by atoms with Gasteiger partial charge in [0.25, 0.3) is 5.91 Å². The highest BCUT2D eigenvalue weighted by Gasteiger charge is 2.53. The number of rotatable bonds is 7. The Kier molecular flexibility index (Phi) is 6.45. The summed E-state index contributed by atoms with van der Waals surface area (Å²) in [5.41, 5.74) is 3.18. The Bertz CT molecular complexity index is 1140. The summed E-state index contributed by atoms with van der Waals surface area (Å²) in [6.07, 6.45) is 3.67. The maximum Gasteiger partial charge on any atom is 0.251 e. The van der Waals surface area contributed by atoms with Gasteiger partial charge in [-0.3, -0.25) is 4.79 Å². The van der Waals surface area contributed by atoms with E-state index in [0.717, 1.165) is 23.5 Å². The molecule has 2 aromatic rings. The van der Waals surface area contributed by atoms with Gasteiger partial charge in [0.1, 0.15) is 0 Å². The predicted octanol–water partition coefficient (Wildman–Crippen LogP) is 4.93. The van der Waals surface area contributed by atoms with E-state index in [1.165, 1.54) is 17.1 Å². The van der Waals surface area contributed by atoms with Gasteiger partial charge in [0.15, 0.2) is 0 Å². The number of nitrogens with one attached hydrogen (secondary N) is 1. The zero-order valence-electron chi connectivity index (χ0n) is 20.4. The average Bonchev–Trinajstić information content (AvgIpc) is 2.79. The topological polar surface area (TPSA) is 66.5 Å². The van der Waals surface area contributed by atoms with Gasteiger partial charge in [0.05, 0.1) is 4.90 Å². The number of amides is 1. The van der Waals surface area contributed by atoms with Gasteiger partial charge in [-0.1, -0.05) is 44.2 Å². The third kappa shape index (κ3) is 4.47. The number of benzene rings is 2. The first-order valence-electron chi connectivity index (χ1n) is 11.9. The van der Waals surface area contributed by atoms with Crippen molar-refractivity contribution >= 4 is 15.9 Å². The Morgan fingerprint density at radius 1 is 1.12 bits per heavy atom. The van der Waals surface area contributed by atoms with Crippen LogP contribution in [0.3, 0.4) is 0 Å². The summed E-state index contributed by atoms with van der Waals surface area (Å²) in [5.74, 6) is 1.80. The molecule has 2 aromatic carbocycles. The van der Waals surface area contributed by atoms with E-state index in [1.54, 1.807) is 26.1 Å². The molecule has 1 amide bonds. The molecule has 3 aliphatic rings. The van der Waals surface area contributed by atoms with Crippen LogP contribution < -0.4 is 5.32 Å². The first-order valence-corrected chi connectivity index (χ1v) is 13.4. The fourth-order valence-electron chi connectivity index (χ4n) is 5.85. The van der Waals surface area contributed by atoms with Crippen molar-refractivity contribution in [3.63, 3.8) is 0 Å². The van der Waals surface area contributed by atoms with E-state index in [-0.39, 0.29) is 17.3 Å². The number of aryl methyl sites for hydroxylation is 1. The Morgan fingerprint density at radius 3 is 2.45 bits per heavy atom. The van der Waals surface area contributed by atoms with Crippen LogP contribution in [-0.4, -0.2) is 32.2 Å². The van der Waals surface area contributed by atoms with Crippen molar-refractivity contribution in [2.75, 3.05) is 13.6 Å². The summed E-state index contributed by atoms with van der Waals surface area (Å²) in [6.45, 7) is 9.30. The number of nitrogens with zero attached hydrogens (tertiary/aromatic N) is 1. The van der Waals surface area contributed by atoms with Crippen molar-refractivity contribution in [2.24, 2.45) is 23.2 Å². The predicted molar refractivity (Wildman–Crippen MR) is 131 cm³/mol. The van der Waals surface area contributed by atoms with Crippen LogP contribution in [0, 0.1) is 37.0 Å². The molecular formula is C27H36N2O3S. The lowest BCUT2D eigenvalue weighted by molar-refractivity contribution is -0.103. The van der Waals surface area contributed by atoms with Crippen molar-refractivity contribution in [1.29, 1.82) is 0 Å². The molecule has 5 nitrogen and oxygen atoms in total. The van der Waals surface area contributed by atoms with E-state index in [2.05, 4.69) is 19.2 Å². The van der Waals surface area contributed by atoms with Crippen molar-refractivity contribution in [1.82, 2.24) is 9.62 Å². The van der Waals surface area contributed by atoms with Gasteiger partial charge in [-0.15, -0.1) is 0 Å². The molecule has 0 aromatic heterocycles. The average molecular weight is 469 g/mol. The van der Waals surface area contributed by atoms with E-state index >= 15 is 0 Å². The van der Waals surface area contributed by atoms with E-state index in [4.69, 9.17) is 0 Å². The summed E-state index contributed by atoms with van der Waals surface area (Å²) in [5, 5.41) is 3.11. The van der Waals surface area contributed by atoms with Crippen LogP contribution in [0.5, 0.6) is 0 Å². The Hall–Kier alpha value is -2.18. The molecule has 2 bridgehead atoms. The van der Waals surface area contributed by atoms with Gasteiger partial charge < -0.3 is 5.32 Å². The minimum atomic E-state index is -3.75. The van der Waals surface area contributed by atoms with Gasteiger partial charge in [-0.2, -0.15) is 4.31 Å². The van der Waals surface area contributed by atoms with E-state index in [0.29, 0.717) is 34.9 Å². The molecule has 0 radical (unpaired) electrons. The molecule has 3 aliphatic carbocycles. The highest BCUT2D eigenvalue weighted by atomic mass is 32.2. The molecule has 0 spiro atoms. The van der Waals surface area contributed by atoms with Crippen LogP contribution in [0.25, 0.3) is 0 Å². The molecule has 5 rings (SSSR count). The molecule has 0 aliphatic heterocycles. The van der Waals surface area contributed by atoms with Crippen molar-refractivity contribution < 1.29 is 13.2 Å². The number of sulfonamides is 1. The van der Waals surface area contributed by atoms with Crippen molar-refractivity contribution in [2.45, 2.75) is 58.4 Å². The maximum absolute atomic E-state index is 13.4. The van der Waals surface area contributed by atoms with Gasteiger partial charge in [-0.25, -0.2) is 8.42 Å². The molecule has 33 heavy (non-hydrogen) atoms. The quantitative estimate of drug-likeness (QED) is 0.627.